The van der Waals surface area contributed by atoms with Crippen LogP contribution < -0.4 is 10.6 Å². The van der Waals surface area contributed by atoms with Gasteiger partial charge in [0.1, 0.15) is 0 Å². The molecular formula is C12H10Br2N2OS. The van der Waals surface area contributed by atoms with Crippen molar-refractivity contribution in [2.24, 2.45) is 0 Å². The number of benzene rings is 1. The minimum absolute atomic E-state index is 0.0778. The molecule has 1 amide bonds. The van der Waals surface area contributed by atoms with E-state index in [-0.39, 0.29) is 5.91 Å². The van der Waals surface area contributed by atoms with Crippen molar-refractivity contribution in [3.63, 3.8) is 0 Å². The number of hydrogen-bond donors (Lipinski definition) is 1. The van der Waals surface area contributed by atoms with Crippen LogP contribution in [0.4, 0.5) is 11.4 Å². The molecule has 2 aromatic rings. The number of carbonyl (C=O) groups excluding carboxylic acids is 1. The van der Waals surface area contributed by atoms with Gasteiger partial charge in [0.2, 0.25) is 0 Å². The predicted molar refractivity (Wildman–Crippen MR) is 83.3 cm³/mol. The molecule has 0 aliphatic heterocycles. The van der Waals surface area contributed by atoms with Gasteiger partial charge in [-0.3, -0.25) is 4.79 Å². The molecule has 0 unspecified atom stereocenters. The zero-order chi connectivity index (χ0) is 13.3. The highest BCUT2D eigenvalue weighted by Gasteiger charge is 2.16. The fraction of sp³-hybridized carbons (Fsp3) is 0.0833. The molecule has 94 valence electrons. The number of amides is 1. The number of hydrogen-bond acceptors (Lipinski definition) is 3. The Hall–Kier alpha value is -0.850. The van der Waals surface area contributed by atoms with Crippen LogP contribution in [0, 0.1) is 0 Å². The Kier molecular flexibility index (Phi) is 4.09. The highest BCUT2D eigenvalue weighted by Crippen LogP contribution is 2.28. The number of thiophene rings is 1. The summed E-state index contributed by atoms with van der Waals surface area (Å²) in [6, 6.07) is 7.26. The van der Waals surface area contributed by atoms with Gasteiger partial charge in [0, 0.05) is 16.9 Å². The third-order valence-corrected chi connectivity index (χ3v) is 4.47. The lowest BCUT2D eigenvalue weighted by atomic mass is 10.2. The number of nitrogen functional groups attached to an aromatic ring is 1. The van der Waals surface area contributed by atoms with Gasteiger partial charge in [-0.25, -0.2) is 0 Å². The second-order valence-corrected chi connectivity index (χ2v) is 6.91. The Morgan fingerprint density at radius 1 is 1.33 bits per heavy atom. The maximum absolute atomic E-state index is 12.2. The van der Waals surface area contributed by atoms with Crippen LogP contribution in [0.3, 0.4) is 0 Å². The van der Waals surface area contributed by atoms with Crippen LogP contribution in [-0.2, 0) is 0 Å². The van der Waals surface area contributed by atoms with Crippen LogP contribution >= 0.6 is 43.2 Å². The predicted octanol–water partition coefficient (Wildman–Crippen LogP) is 4.13. The number of halogens is 2. The molecule has 1 aromatic carbocycles. The summed E-state index contributed by atoms with van der Waals surface area (Å²) in [6.45, 7) is 0. The van der Waals surface area contributed by atoms with Crippen LogP contribution in [0.5, 0.6) is 0 Å². The molecule has 0 spiro atoms. The first kappa shape index (κ1) is 13.6. The molecule has 3 nitrogen and oxygen atoms in total. The van der Waals surface area contributed by atoms with Crippen molar-refractivity contribution >= 4 is 60.5 Å². The summed E-state index contributed by atoms with van der Waals surface area (Å²) in [5, 5.41) is 1.82. The molecule has 6 heteroatoms. The monoisotopic (exact) mass is 388 g/mol. The lowest BCUT2D eigenvalue weighted by molar-refractivity contribution is 0.0993. The lowest BCUT2D eigenvalue weighted by Crippen LogP contribution is -2.26. The summed E-state index contributed by atoms with van der Waals surface area (Å²) in [5.74, 6) is -0.0778. The Morgan fingerprint density at radius 3 is 2.61 bits per heavy atom. The van der Waals surface area contributed by atoms with Crippen LogP contribution in [0.1, 0.15) is 10.4 Å². The summed E-state index contributed by atoms with van der Waals surface area (Å²) >= 11 is 8.17. The van der Waals surface area contributed by atoms with Crippen molar-refractivity contribution in [2.45, 2.75) is 0 Å². The number of carbonyl (C=O) groups is 1. The zero-order valence-corrected chi connectivity index (χ0v) is 13.5. The molecule has 0 fully saturated rings. The van der Waals surface area contributed by atoms with Crippen LogP contribution in [0.25, 0.3) is 0 Å². The lowest BCUT2D eigenvalue weighted by Gasteiger charge is -2.18. The molecule has 0 bridgehead atoms. The number of rotatable bonds is 2. The molecule has 0 aliphatic carbocycles. The van der Waals surface area contributed by atoms with Gasteiger partial charge < -0.3 is 10.6 Å². The van der Waals surface area contributed by atoms with E-state index < -0.39 is 0 Å². The zero-order valence-electron chi connectivity index (χ0n) is 9.48. The molecule has 1 heterocycles. The van der Waals surface area contributed by atoms with E-state index in [0.29, 0.717) is 16.9 Å². The third-order valence-electron chi connectivity index (χ3n) is 2.47. The first-order valence-electron chi connectivity index (χ1n) is 5.06. The standard InChI is InChI=1S/C12H10Br2N2OS/c1-16(10-3-2-8(13)5-9(10)15)12(17)7-4-11(14)18-6-7/h2-6H,15H2,1H3. The SMILES string of the molecule is CN(C(=O)c1csc(Br)c1)c1ccc(Br)cc1N. The first-order chi connectivity index (χ1) is 8.49. The molecule has 2 N–H and O–H groups in total. The van der Waals surface area contributed by atoms with E-state index in [1.165, 1.54) is 11.3 Å². The van der Waals surface area contributed by atoms with Crippen molar-refractivity contribution in [3.05, 3.63) is 43.5 Å². The summed E-state index contributed by atoms with van der Waals surface area (Å²) in [4.78, 5) is 13.8. The van der Waals surface area contributed by atoms with Crippen molar-refractivity contribution in [1.82, 2.24) is 0 Å². The minimum atomic E-state index is -0.0778. The Labute approximate surface area is 126 Å². The van der Waals surface area contributed by atoms with E-state index in [0.717, 1.165) is 8.26 Å². The van der Waals surface area contributed by atoms with Gasteiger partial charge >= 0.3 is 0 Å². The fourth-order valence-electron chi connectivity index (χ4n) is 1.56. The van der Waals surface area contributed by atoms with E-state index in [4.69, 9.17) is 5.73 Å². The molecule has 1 aromatic heterocycles. The fourth-order valence-corrected chi connectivity index (χ4v) is 3.07. The molecular weight excluding hydrogens is 380 g/mol. The second-order valence-electron chi connectivity index (χ2n) is 3.71. The van der Waals surface area contributed by atoms with Crippen LogP contribution in [-0.4, -0.2) is 13.0 Å². The Bertz CT molecular complexity index is 598. The average molecular weight is 390 g/mol. The highest BCUT2D eigenvalue weighted by molar-refractivity contribution is 9.11. The Balaban J connectivity index is 2.31. The van der Waals surface area contributed by atoms with Gasteiger partial charge in [-0.05, 0) is 40.2 Å². The maximum atomic E-state index is 12.2. The summed E-state index contributed by atoms with van der Waals surface area (Å²) in [7, 11) is 1.72. The summed E-state index contributed by atoms with van der Waals surface area (Å²) < 4.78 is 1.82. The van der Waals surface area contributed by atoms with Gasteiger partial charge in [-0.15, -0.1) is 11.3 Å². The molecule has 0 saturated heterocycles. The molecule has 0 atom stereocenters. The normalized spacial score (nSPS) is 10.4. The van der Waals surface area contributed by atoms with Gasteiger partial charge in [0.05, 0.1) is 20.7 Å². The van der Waals surface area contributed by atoms with Crippen LogP contribution in [0.2, 0.25) is 0 Å². The molecule has 18 heavy (non-hydrogen) atoms. The number of nitrogens with two attached hydrogens (primary N) is 1. The van der Waals surface area contributed by atoms with E-state index >= 15 is 0 Å². The largest absolute Gasteiger partial charge is 0.397 e. The first-order valence-corrected chi connectivity index (χ1v) is 7.52. The van der Waals surface area contributed by atoms with Gasteiger partial charge in [0.25, 0.3) is 5.91 Å². The molecule has 0 saturated carbocycles. The van der Waals surface area contributed by atoms with E-state index in [9.17, 15) is 4.79 Å². The van der Waals surface area contributed by atoms with E-state index in [1.54, 1.807) is 24.1 Å². The van der Waals surface area contributed by atoms with Crippen molar-refractivity contribution in [2.75, 3.05) is 17.7 Å². The quantitative estimate of drug-likeness (QED) is 0.784. The highest BCUT2D eigenvalue weighted by atomic mass is 79.9. The number of anilines is 2. The van der Waals surface area contributed by atoms with Crippen molar-refractivity contribution in [1.29, 1.82) is 0 Å². The average Bonchev–Trinajstić information content (AvgIpc) is 2.74. The van der Waals surface area contributed by atoms with Gasteiger partial charge in [-0.1, -0.05) is 15.9 Å². The van der Waals surface area contributed by atoms with Gasteiger partial charge in [-0.2, -0.15) is 0 Å². The molecule has 0 radical (unpaired) electrons. The second kappa shape index (κ2) is 5.42. The topological polar surface area (TPSA) is 46.3 Å². The summed E-state index contributed by atoms with van der Waals surface area (Å²) in [5.41, 5.74) is 7.83. The van der Waals surface area contributed by atoms with E-state index in [2.05, 4.69) is 31.9 Å². The maximum Gasteiger partial charge on any atom is 0.258 e. The summed E-state index contributed by atoms with van der Waals surface area (Å²) in [6.07, 6.45) is 0. The smallest absolute Gasteiger partial charge is 0.258 e. The number of nitrogens with zero attached hydrogens (tertiary/aromatic N) is 1. The van der Waals surface area contributed by atoms with Gasteiger partial charge in [0.15, 0.2) is 0 Å². The van der Waals surface area contributed by atoms with E-state index in [1.807, 2.05) is 17.5 Å². The minimum Gasteiger partial charge on any atom is -0.397 e. The molecule has 0 aliphatic rings. The van der Waals surface area contributed by atoms with Crippen LogP contribution in [0.15, 0.2) is 37.9 Å². The van der Waals surface area contributed by atoms with Crippen molar-refractivity contribution < 1.29 is 4.79 Å². The molecule has 2 rings (SSSR count). The Morgan fingerprint density at radius 2 is 2.06 bits per heavy atom. The third kappa shape index (κ3) is 2.76. The van der Waals surface area contributed by atoms with Crippen molar-refractivity contribution in [3.8, 4) is 0 Å².